The normalized spacial score (nSPS) is 11.0. The van der Waals surface area contributed by atoms with E-state index in [4.69, 9.17) is 0 Å². The van der Waals surface area contributed by atoms with E-state index in [1.54, 1.807) is 30.5 Å². The number of hydrogen-bond acceptors (Lipinski definition) is 4. The largest absolute Gasteiger partial charge is 0.326 e. The Morgan fingerprint density at radius 2 is 1.77 bits per heavy atom. The molecule has 3 aromatic rings. The summed E-state index contributed by atoms with van der Waals surface area (Å²) in [6.07, 6.45) is 2.54. The maximum atomic E-state index is 12.9. The van der Waals surface area contributed by atoms with Crippen LogP contribution in [-0.2, 0) is 17.8 Å². The number of nitrogens with zero attached hydrogens (tertiary/aromatic N) is 2. The van der Waals surface area contributed by atoms with Crippen LogP contribution in [0.3, 0.4) is 0 Å². The fraction of sp³-hybridized carbons (Fsp3) is 0.167. The minimum absolute atomic E-state index is 0.201. The molecule has 2 amide bonds. The highest BCUT2D eigenvalue weighted by atomic mass is 16.2. The van der Waals surface area contributed by atoms with Gasteiger partial charge in [-0.1, -0.05) is 37.3 Å². The summed E-state index contributed by atoms with van der Waals surface area (Å²) in [6.45, 7) is 3.80. The molecule has 158 valence electrons. The fourth-order valence-corrected chi connectivity index (χ4v) is 2.96. The molecule has 0 atom stereocenters. The Labute approximate surface area is 181 Å². The van der Waals surface area contributed by atoms with E-state index in [0.717, 1.165) is 23.4 Å². The van der Waals surface area contributed by atoms with Crippen LogP contribution in [0.15, 0.2) is 77.9 Å². The van der Waals surface area contributed by atoms with E-state index in [1.807, 2.05) is 42.5 Å². The molecule has 0 saturated heterocycles. The third kappa shape index (κ3) is 6.50. The monoisotopic (exact) mass is 415 g/mol. The van der Waals surface area contributed by atoms with Gasteiger partial charge in [-0.15, -0.1) is 0 Å². The molecule has 3 rings (SSSR count). The van der Waals surface area contributed by atoms with Gasteiger partial charge in [-0.25, -0.2) is 4.99 Å². The first kappa shape index (κ1) is 21.7. The van der Waals surface area contributed by atoms with Gasteiger partial charge in [0, 0.05) is 30.1 Å². The first-order chi connectivity index (χ1) is 15.0. The maximum Gasteiger partial charge on any atom is 0.258 e. The molecule has 1 aromatic heterocycles. The molecule has 0 spiro atoms. The molecule has 0 bridgehead atoms. The zero-order valence-electron chi connectivity index (χ0n) is 17.6. The number of carbonyl (C=O) groups is 2. The fourth-order valence-electron chi connectivity index (χ4n) is 2.96. The number of guanidine groups is 1. The van der Waals surface area contributed by atoms with Crippen molar-refractivity contribution in [3.05, 3.63) is 89.7 Å². The first-order valence-electron chi connectivity index (χ1n) is 10.0. The lowest BCUT2D eigenvalue weighted by atomic mass is 10.1. The lowest BCUT2D eigenvalue weighted by molar-refractivity contribution is -0.114. The number of aryl methyl sites for hydroxylation is 1. The van der Waals surface area contributed by atoms with Gasteiger partial charge < -0.3 is 10.6 Å². The lowest BCUT2D eigenvalue weighted by Gasteiger charge is -2.15. The average molecular weight is 415 g/mol. The summed E-state index contributed by atoms with van der Waals surface area (Å²) in [7, 11) is 0. The smallest absolute Gasteiger partial charge is 0.258 e. The highest BCUT2D eigenvalue weighted by Gasteiger charge is 2.12. The molecule has 0 radical (unpaired) electrons. The van der Waals surface area contributed by atoms with E-state index < -0.39 is 0 Å². The van der Waals surface area contributed by atoms with Gasteiger partial charge in [-0.2, -0.15) is 0 Å². The van der Waals surface area contributed by atoms with Crippen LogP contribution in [0.4, 0.5) is 11.4 Å². The van der Waals surface area contributed by atoms with E-state index in [0.29, 0.717) is 23.8 Å². The standard InChI is InChI=1S/C24H25N5O2/c1-3-18-9-4-5-13-22(18)28-24(26-16-21-11-6-7-14-25-21)29-23(31)19-10-8-12-20(15-19)27-17(2)30/h4-15H,3,16H2,1-2H3,(H,27,30)(H2,26,28,29,31). The average Bonchev–Trinajstić information content (AvgIpc) is 2.78. The quantitative estimate of drug-likeness (QED) is 0.419. The molecular weight excluding hydrogens is 390 g/mol. The second-order valence-electron chi connectivity index (χ2n) is 6.84. The van der Waals surface area contributed by atoms with Crippen molar-refractivity contribution >= 4 is 29.1 Å². The van der Waals surface area contributed by atoms with Gasteiger partial charge in [0.2, 0.25) is 11.9 Å². The number of benzene rings is 2. The number of carbonyl (C=O) groups excluding carboxylic acids is 2. The second kappa shape index (κ2) is 10.7. The molecule has 0 aliphatic rings. The summed E-state index contributed by atoms with van der Waals surface area (Å²) in [4.78, 5) is 33.0. The van der Waals surface area contributed by atoms with Crippen molar-refractivity contribution in [1.29, 1.82) is 0 Å². The van der Waals surface area contributed by atoms with Gasteiger partial charge in [-0.05, 0) is 48.4 Å². The number of aliphatic imine (C=N–C) groups is 1. The SMILES string of the molecule is CCc1ccccc1NC(=NCc1ccccn1)NC(=O)c1cccc(NC(C)=O)c1. The van der Waals surface area contributed by atoms with E-state index in [2.05, 4.69) is 32.9 Å². The van der Waals surface area contributed by atoms with Gasteiger partial charge in [0.05, 0.1) is 12.2 Å². The molecule has 0 aliphatic carbocycles. The molecule has 7 nitrogen and oxygen atoms in total. The maximum absolute atomic E-state index is 12.9. The number of hydrogen-bond donors (Lipinski definition) is 3. The summed E-state index contributed by atoms with van der Waals surface area (Å²) >= 11 is 0. The van der Waals surface area contributed by atoms with Crippen molar-refractivity contribution in [2.75, 3.05) is 10.6 Å². The van der Waals surface area contributed by atoms with E-state index in [1.165, 1.54) is 6.92 Å². The van der Waals surface area contributed by atoms with Crippen molar-refractivity contribution in [3.63, 3.8) is 0 Å². The van der Waals surface area contributed by atoms with Crippen molar-refractivity contribution < 1.29 is 9.59 Å². The molecular formula is C24H25N5O2. The summed E-state index contributed by atoms with van der Waals surface area (Å²) < 4.78 is 0. The Morgan fingerprint density at radius 1 is 0.968 bits per heavy atom. The minimum atomic E-state index is -0.339. The van der Waals surface area contributed by atoms with E-state index in [9.17, 15) is 9.59 Å². The number of nitrogens with one attached hydrogen (secondary N) is 3. The highest BCUT2D eigenvalue weighted by molar-refractivity contribution is 6.10. The van der Waals surface area contributed by atoms with E-state index >= 15 is 0 Å². The first-order valence-corrected chi connectivity index (χ1v) is 10.0. The number of amides is 2. The van der Waals surface area contributed by atoms with Crippen LogP contribution >= 0.6 is 0 Å². The van der Waals surface area contributed by atoms with Gasteiger partial charge in [0.15, 0.2) is 0 Å². The lowest BCUT2D eigenvalue weighted by Crippen LogP contribution is -2.36. The van der Waals surface area contributed by atoms with Crippen molar-refractivity contribution in [2.45, 2.75) is 26.8 Å². The van der Waals surface area contributed by atoms with Gasteiger partial charge in [0.25, 0.3) is 5.91 Å². The molecule has 1 heterocycles. The Bertz CT molecular complexity index is 1080. The highest BCUT2D eigenvalue weighted by Crippen LogP contribution is 2.16. The summed E-state index contributed by atoms with van der Waals surface area (Å²) in [6, 6.07) is 20.2. The Morgan fingerprint density at radius 3 is 2.52 bits per heavy atom. The van der Waals surface area contributed by atoms with Crippen molar-refractivity contribution in [1.82, 2.24) is 10.3 Å². The van der Waals surface area contributed by atoms with Crippen LogP contribution in [0.25, 0.3) is 0 Å². The Kier molecular flexibility index (Phi) is 7.48. The molecule has 31 heavy (non-hydrogen) atoms. The predicted molar refractivity (Wildman–Crippen MR) is 123 cm³/mol. The summed E-state index contributed by atoms with van der Waals surface area (Å²) in [5.41, 5.74) is 3.72. The van der Waals surface area contributed by atoms with Crippen LogP contribution in [0, 0.1) is 0 Å². The van der Waals surface area contributed by atoms with Crippen LogP contribution in [0.5, 0.6) is 0 Å². The molecule has 0 saturated carbocycles. The van der Waals surface area contributed by atoms with Crippen LogP contribution < -0.4 is 16.0 Å². The molecule has 0 fully saturated rings. The molecule has 3 N–H and O–H groups in total. The predicted octanol–water partition coefficient (Wildman–Crippen LogP) is 4.00. The number of para-hydroxylation sites is 1. The molecule has 0 aliphatic heterocycles. The molecule has 0 unspecified atom stereocenters. The van der Waals surface area contributed by atoms with Crippen molar-refractivity contribution in [3.8, 4) is 0 Å². The number of rotatable bonds is 6. The van der Waals surface area contributed by atoms with Crippen LogP contribution in [0.2, 0.25) is 0 Å². The topological polar surface area (TPSA) is 95.5 Å². The Balaban J connectivity index is 1.83. The van der Waals surface area contributed by atoms with Gasteiger partial charge >= 0.3 is 0 Å². The van der Waals surface area contributed by atoms with Crippen LogP contribution in [-0.4, -0.2) is 22.8 Å². The van der Waals surface area contributed by atoms with Crippen molar-refractivity contribution in [2.24, 2.45) is 4.99 Å². The molecule has 2 aromatic carbocycles. The number of anilines is 2. The second-order valence-corrected chi connectivity index (χ2v) is 6.84. The third-order valence-corrected chi connectivity index (χ3v) is 4.45. The third-order valence-electron chi connectivity index (χ3n) is 4.45. The molecule has 7 heteroatoms. The zero-order valence-corrected chi connectivity index (χ0v) is 17.6. The number of aromatic nitrogens is 1. The van der Waals surface area contributed by atoms with Crippen LogP contribution in [0.1, 0.15) is 35.5 Å². The van der Waals surface area contributed by atoms with Gasteiger partial charge in [-0.3, -0.25) is 19.9 Å². The summed E-state index contributed by atoms with van der Waals surface area (Å²) in [5.74, 6) is -0.219. The van der Waals surface area contributed by atoms with Gasteiger partial charge in [0.1, 0.15) is 0 Å². The Hall–Kier alpha value is -4.00. The van der Waals surface area contributed by atoms with E-state index in [-0.39, 0.29) is 11.8 Å². The minimum Gasteiger partial charge on any atom is -0.326 e. The summed E-state index contributed by atoms with van der Waals surface area (Å²) in [5, 5.41) is 8.76. The zero-order chi connectivity index (χ0) is 22.1. The number of pyridine rings is 1.